The van der Waals surface area contributed by atoms with Crippen molar-refractivity contribution in [2.75, 3.05) is 26.2 Å². The highest BCUT2D eigenvalue weighted by Gasteiger charge is 2.45. The van der Waals surface area contributed by atoms with Gasteiger partial charge in [0, 0.05) is 26.2 Å². The molecule has 0 amide bonds. The molecule has 8 heteroatoms. The van der Waals surface area contributed by atoms with Crippen LogP contribution in [0.15, 0.2) is 24.3 Å². The van der Waals surface area contributed by atoms with Crippen LogP contribution in [-0.4, -0.2) is 48.5 Å². The summed E-state index contributed by atoms with van der Waals surface area (Å²) in [6.45, 7) is 4.36. The summed E-state index contributed by atoms with van der Waals surface area (Å²) in [6, 6.07) is 5.15. The van der Waals surface area contributed by atoms with Crippen molar-refractivity contribution in [3.05, 3.63) is 29.8 Å². The fourth-order valence-corrected chi connectivity index (χ4v) is 3.19. The van der Waals surface area contributed by atoms with Crippen molar-refractivity contribution >= 4 is 5.97 Å². The Hall–Kier alpha value is -1.80. The number of benzene rings is 1. The van der Waals surface area contributed by atoms with Gasteiger partial charge < -0.3 is 15.2 Å². The Morgan fingerprint density at radius 2 is 1.83 bits per heavy atom. The number of carboxylic acids is 1. The summed E-state index contributed by atoms with van der Waals surface area (Å²) in [7, 11) is 0. The Bertz CT molecular complexity index is 557. The van der Waals surface area contributed by atoms with Crippen LogP contribution in [0.2, 0.25) is 0 Å². The molecule has 1 atom stereocenters. The molecular weight excluding hydrogens is 325 g/mol. The number of hydrogen-bond acceptors (Lipinski definition) is 4. The van der Waals surface area contributed by atoms with Gasteiger partial charge in [0.25, 0.3) is 0 Å². The van der Waals surface area contributed by atoms with E-state index in [1.54, 1.807) is 0 Å². The standard InChI is InChI=1S/C16H21F3N2O3/c1-2-7-15(14(22)23,21-10-8-20-9-11-21)12-3-5-13(6-4-12)24-16(17,18)19/h3-6,20H,2,7-11H2,1H3,(H,22,23). The third-order valence-electron chi connectivity index (χ3n) is 4.19. The van der Waals surface area contributed by atoms with E-state index < -0.39 is 17.9 Å². The Kier molecular flexibility index (Phi) is 5.71. The monoisotopic (exact) mass is 346 g/mol. The summed E-state index contributed by atoms with van der Waals surface area (Å²) in [5.74, 6) is -1.35. The molecular formula is C16H21F3N2O3. The van der Waals surface area contributed by atoms with Crippen molar-refractivity contribution in [2.45, 2.75) is 31.7 Å². The smallest absolute Gasteiger partial charge is 0.480 e. The lowest BCUT2D eigenvalue weighted by atomic mass is 9.83. The fourth-order valence-electron chi connectivity index (χ4n) is 3.19. The van der Waals surface area contributed by atoms with E-state index in [2.05, 4.69) is 10.1 Å². The predicted octanol–water partition coefficient (Wildman–Crippen LogP) is 2.57. The molecule has 0 aromatic heterocycles. The first kappa shape index (κ1) is 18.5. The van der Waals surface area contributed by atoms with Crippen LogP contribution in [0.3, 0.4) is 0 Å². The van der Waals surface area contributed by atoms with Gasteiger partial charge in [-0.25, -0.2) is 4.79 Å². The number of piperazine rings is 1. The molecule has 1 aromatic rings. The molecule has 0 saturated carbocycles. The molecule has 1 aliphatic rings. The average molecular weight is 346 g/mol. The maximum Gasteiger partial charge on any atom is 0.573 e. The minimum absolute atomic E-state index is 0.359. The summed E-state index contributed by atoms with van der Waals surface area (Å²) in [5, 5.41) is 13.1. The number of nitrogens with zero attached hydrogens (tertiary/aromatic N) is 1. The molecule has 1 heterocycles. The zero-order valence-corrected chi connectivity index (χ0v) is 13.4. The lowest BCUT2D eigenvalue weighted by Crippen LogP contribution is -2.58. The summed E-state index contributed by atoms with van der Waals surface area (Å²) in [4.78, 5) is 14.0. The molecule has 0 bridgehead atoms. The molecule has 1 fully saturated rings. The second-order valence-corrected chi connectivity index (χ2v) is 5.72. The molecule has 1 unspecified atom stereocenters. The van der Waals surface area contributed by atoms with Crippen LogP contribution in [0.1, 0.15) is 25.3 Å². The Balaban J connectivity index is 2.37. The molecule has 5 nitrogen and oxygen atoms in total. The van der Waals surface area contributed by atoms with E-state index in [-0.39, 0.29) is 5.75 Å². The Morgan fingerprint density at radius 3 is 2.29 bits per heavy atom. The van der Waals surface area contributed by atoms with Crippen LogP contribution in [0.4, 0.5) is 13.2 Å². The van der Waals surface area contributed by atoms with Crippen LogP contribution in [0, 0.1) is 0 Å². The molecule has 0 spiro atoms. The maximum absolute atomic E-state index is 12.3. The van der Waals surface area contributed by atoms with Gasteiger partial charge >= 0.3 is 12.3 Å². The highest BCUT2D eigenvalue weighted by molar-refractivity contribution is 5.81. The van der Waals surface area contributed by atoms with Gasteiger partial charge in [-0.3, -0.25) is 4.90 Å². The molecule has 0 aliphatic carbocycles. The summed E-state index contributed by atoms with van der Waals surface area (Å²) >= 11 is 0. The van der Waals surface area contributed by atoms with Gasteiger partial charge in [0.05, 0.1) is 0 Å². The number of nitrogens with one attached hydrogen (secondary N) is 1. The highest BCUT2D eigenvalue weighted by Crippen LogP contribution is 2.36. The van der Waals surface area contributed by atoms with E-state index >= 15 is 0 Å². The quantitative estimate of drug-likeness (QED) is 0.829. The molecule has 134 valence electrons. The van der Waals surface area contributed by atoms with Crippen LogP contribution >= 0.6 is 0 Å². The molecule has 1 aromatic carbocycles. The molecule has 1 aliphatic heterocycles. The normalized spacial score (nSPS) is 18.8. The van der Waals surface area contributed by atoms with Gasteiger partial charge in [-0.15, -0.1) is 13.2 Å². The van der Waals surface area contributed by atoms with E-state index in [4.69, 9.17) is 0 Å². The van der Waals surface area contributed by atoms with E-state index in [0.717, 1.165) is 0 Å². The molecule has 1 saturated heterocycles. The third kappa shape index (κ3) is 3.99. The van der Waals surface area contributed by atoms with E-state index in [1.807, 2.05) is 11.8 Å². The van der Waals surface area contributed by atoms with Crippen molar-refractivity contribution in [1.29, 1.82) is 0 Å². The lowest BCUT2D eigenvalue weighted by Gasteiger charge is -2.43. The van der Waals surface area contributed by atoms with Gasteiger partial charge in [0.2, 0.25) is 0 Å². The first-order valence-electron chi connectivity index (χ1n) is 7.85. The van der Waals surface area contributed by atoms with Gasteiger partial charge in [0.1, 0.15) is 11.3 Å². The number of hydrogen-bond donors (Lipinski definition) is 2. The second-order valence-electron chi connectivity index (χ2n) is 5.72. The topological polar surface area (TPSA) is 61.8 Å². The number of aliphatic carboxylic acids is 1. The van der Waals surface area contributed by atoms with Crippen molar-refractivity contribution in [3.63, 3.8) is 0 Å². The Labute approximate surface area is 138 Å². The lowest BCUT2D eigenvalue weighted by molar-refractivity contribution is -0.274. The van der Waals surface area contributed by atoms with Crippen LogP contribution in [0.5, 0.6) is 5.75 Å². The van der Waals surface area contributed by atoms with Crippen molar-refractivity contribution in [2.24, 2.45) is 0 Å². The van der Waals surface area contributed by atoms with Gasteiger partial charge in [-0.2, -0.15) is 0 Å². The van der Waals surface area contributed by atoms with Crippen LogP contribution in [-0.2, 0) is 10.3 Å². The number of alkyl halides is 3. The number of halogens is 3. The molecule has 2 N–H and O–H groups in total. The zero-order chi connectivity index (χ0) is 17.8. The summed E-state index contributed by atoms with van der Waals surface area (Å²) < 4.78 is 40.7. The Morgan fingerprint density at radius 1 is 1.25 bits per heavy atom. The number of ether oxygens (including phenoxy) is 1. The number of carbonyl (C=O) groups is 1. The summed E-state index contributed by atoms with van der Waals surface area (Å²) in [6.07, 6.45) is -3.76. The van der Waals surface area contributed by atoms with Crippen molar-refractivity contribution < 1.29 is 27.8 Å². The van der Waals surface area contributed by atoms with E-state index in [1.165, 1.54) is 24.3 Å². The highest BCUT2D eigenvalue weighted by atomic mass is 19.4. The van der Waals surface area contributed by atoms with Crippen LogP contribution < -0.4 is 10.1 Å². The van der Waals surface area contributed by atoms with Crippen molar-refractivity contribution in [1.82, 2.24) is 10.2 Å². The minimum Gasteiger partial charge on any atom is -0.480 e. The minimum atomic E-state index is -4.77. The average Bonchev–Trinajstić information content (AvgIpc) is 2.52. The first-order chi connectivity index (χ1) is 11.3. The molecule has 2 rings (SSSR count). The zero-order valence-electron chi connectivity index (χ0n) is 13.4. The number of carboxylic acid groups (broad SMARTS) is 1. The SMILES string of the molecule is CCCC(C(=O)O)(c1ccc(OC(F)(F)F)cc1)N1CCNCC1. The van der Waals surface area contributed by atoms with E-state index in [0.29, 0.717) is 44.6 Å². The molecule has 0 radical (unpaired) electrons. The summed E-state index contributed by atoms with van der Waals surface area (Å²) in [5.41, 5.74) is -0.776. The molecule has 24 heavy (non-hydrogen) atoms. The maximum atomic E-state index is 12.3. The first-order valence-corrected chi connectivity index (χ1v) is 7.85. The largest absolute Gasteiger partial charge is 0.573 e. The predicted molar refractivity (Wildman–Crippen MR) is 81.8 cm³/mol. The fraction of sp³-hybridized carbons (Fsp3) is 0.562. The van der Waals surface area contributed by atoms with Gasteiger partial charge in [-0.05, 0) is 24.1 Å². The van der Waals surface area contributed by atoms with Crippen molar-refractivity contribution in [3.8, 4) is 5.75 Å². The number of rotatable bonds is 6. The van der Waals surface area contributed by atoms with E-state index in [9.17, 15) is 23.1 Å². The van der Waals surface area contributed by atoms with Gasteiger partial charge in [0.15, 0.2) is 0 Å². The second kappa shape index (κ2) is 7.40. The van der Waals surface area contributed by atoms with Gasteiger partial charge in [-0.1, -0.05) is 25.5 Å². The third-order valence-corrected chi connectivity index (χ3v) is 4.19. The van der Waals surface area contributed by atoms with Crippen LogP contribution in [0.25, 0.3) is 0 Å².